The fourth-order valence-corrected chi connectivity index (χ4v) is 2.31. The minimum absolute atomic E-state index is 0.495. The zero-order valence-corrected chi connectivity index (χ0v) is 11.0. The first-order valence-electron chi connectivity index (χ1n) is 5.34. The van der Waals surface area contributed by atoms with Crippen molar-refractivity contribution in [2.24, 2.45) is 0 Å². The van der Waals surface area contributed by atoms with Gasteiger partial charge in [-0.3, -0.25) is 0 Å². The zero-order chi connectivity index (χ0) is 12.3. The van der Waals surface area contributed by atoms with Crippen molar-refractivity contribution in [2.45, 2.75) is 13.5 Å². The standard InChI is InChI=1S/C12H15N3OS/c1-8-4-5-10(17-8)12-14-9(7-16-3)6-11(13-2)15-12/h4-6H,7H2,1-3H3,(H,13,14,15). The quantitative estimate of drug-likeness (QED) is 0.905. The van der Waals surface area contributed by atoms with Crippen LogP contribution in [0.4, 0.5) is 5.82 Å². The van der Waals surface area contributed by atoms with Crippen molar-refractivity contribution in [2.75, 3.05) is 19.5 Å². The third kappa shape index (κ3) is 2.81. The summed E-state index contributed by atoms with van der Waals surface area (Å²) in [6, 6.07) is 6.02. The van der Waals surface area contributed by atoms with Crippen LogP contribution in [-0.2, 0) is 11.3 Å². The summed E-state index contributed by atoms with van der Waals surface area (Å²) in [5.74, 6) is 1.56. The summed E-state index contributed by atoms with van der Waals surface area (Å²) >= 11 is 1.69. The molecule has 0 aliphatic rings. The number of rotatable bonds is 4. The number of aromatic nitrogens is 2. The first-order valence-corrected chi connectivity index (χ1v) is 6.16. The Morgan fingerprint density at radius 3 is 2.76 bits per heavy atom. The van der Waals surface area contributed by atoms with Gasteiger partial charge >= 0.3 is 0 Å². The molecule has 0 aliphatic carbocycles. The van der Waals surface area contributed by atoms with Crippen LogP contribution in [0.5, 0.6) is 0 Å². The highest BCUT2D eigenvalue weighted by atomic mass is 32.1. The number of ether oxygens (including phenoxy) is 1. The highest BCUT2D eigenvalue weighted by molar-refractivity contribution is 7.15. The normalized spacial score (nSPS) is 10.5. The molecule has 0 amide bonds. The van der Waals surface area contributed by atoms with Crippen LogP contribution in [0.1, 0.15) is 10.6 Å². The van der Waals surface area contributed by atoms with E-state index in [1.807, 2.05) is 19.2 Å². The van der Waals surface area contributed by atoms with Crippen LogP contribution in [0.25, 0.3) is 10.7 Å². The van der Waals surface area contributed by atoms with Crippen molar-refractivity contribution >= 4 is 17.2 Å². The number of anilines is 1. The zero-order valence-electron chi connectivity index (χ0n) is 10.2. The van der Waals surface area contributed by atoms with Gasteiger partial charge in [-0.15, -0.1) is 11.3 Å². The first kappa shape index (κ1) is 12.0. The van der Waals surface area contributed by atoms with Crippen molar-refractivity contribution in [3.8, 4) is 10.7 Å². The van der Waals surface area contributed by atoms with E-state index in [0.717, 1.165) is 22.2 Å². The lowest BCUT2D eigenvalue weighted by molar-refractivity contribution is 0.181. The van der Waals surface area contributed by atoms with Crippen LogP contribution in [0, 0.1) is 6.92 Å². The van der Waals surface area contributed by atoms with Crippen LogP contribution >= 0.6 is 11.3 Å². The monoisotopic (exact) mass is 249 g/mol. The molecule has 1 N–H and O–H groups in total. The Balaban J connectivity index is 2.42. The van der Waals surface area contributed by atoms with Gasteiger partial charge < -0.3 is 10.1 Å². The van der Waals surface area contributed by atoms with Crippen LogP contribution in [0.2, 0.25) is 0 Å². The average Bonchev–Trinajstić information content (AvgIpc) is 2.76. The molecule has 0 radical (unpaired) electrons. The van der Waals surface area contributed by atoms with Gasteiger partial charge in [-0.2, -0.15) is 0 Å². The Hall–Kier alpha value is -1.46. The molecule has 2 rings (SSSR count). The molecular formula is C12H15N3OS. The van der Waals surface area contributed by atoms with E-state index < -0.39 is 0 Å². The largest absolute Gasteiger partial charge is 0.378 e. The topological polar surface area (TPSA) is 47.0 Å². The molecule has 2 aromatic rings. The van der Waals surface area contributed by atoms with Gasteiger partial charge in [-0.1, -0.05) is 0 Å². The molecule has 90 valence electrons. The second kappa shape index (κ2) is 5.25. The summed E-state index contributed by atoms with van der Waals surface area (Å²) in [5.41, 5.74) is 0.882. The van der Waals surface area contributed by atoms with Gasteiger partial charge in [-0.25, -0.2) is 9.97 Å². The molecule has 0 fully saturated rings. The number of nitrogens with one attached hydrogen (secondary N) is 1. The van der Waals surface area contributed by atoms with Gasteiger partial charge in [0, 0.05) is 25.1 Å². The van der Waals surface area contributed by atoms with Gasteiger partial charge in [0.2, 0.25) is 0 Å². The second-order valence-corrected chi connectivity index (χ2v) is 4.95. The summed E-state index contributed by atoms with van der Waals surface area (Å²) in [7, 11) is 3.51. The number of hydrogen-bond donors (Lipinski definition) is 1. The van der Waals surface area contributed by atoms with E-state index in [-0.39, 0.29) is 0 Å². The Morgan fingerprint density at radius 1 is 1.35 bits per heavy atom. The van der Waals surface area contributed by atoms with E-state index in [0.29, 0.717) is 6.61 Å². The lowest BCUT2D eigenvalue weighted by Crippen LogP contribution is -2.01. The molecule has 5 heteroatoms. The number of aryl methyl sites for hydroxylation is 1. The van der Waals surface area contributed by atoms with Crippen molar-refractivity contribution in [1.29, 1.82) is 0 Å². The van der Waals surface area contributed by atoms with E-state index in [9.17, 15) is 0 Å². The van der Waals surface area contributed by atoms with E-state index in [4.69, 9.17) is 4.74 Å². The predicted octanol–water partition coefficient (Wildman–Crippen LogP) is 2.70. The van der Waals surface area contributed by atoms with Gasteiger partial charge in [0.05, 0.1) is 17.2 Å². The average molecular weight is 249 g/mol. The summed E-state index contributed by atoms with van der Waals surface area (Å²) in [6.07, 6.45) is 0. The first-order chi connectivity index (χ1) is 8.22. The smallest absolute Gasteiger partial charge is 0.171 e. The molecule has 0 bridgehead atoms. The number of thiophene rings is 1. The Bertz CT molecular complexity index is 510. The minimum atomic E-state index is 0.495. The molecule has 0 aliphatic heterocycles. The van der Waals surface area contributed by atoms with Crippen LogP contribution in [0.3, 0.4) is 0 Å². The third-order valence-corrected chi connectivity index (χ3v) is 3.28. The highest BCUT2D eigenvalue weighted by Crippen LogP contribution is 2.26. The maximum Gasteiger partial charge on any atom is 0.171 e. The fraction of sp³-hybridized carbons (Fsp3) is 0.333. The molecule has 0 spiro atoms. The SMILES string of the molecule is CNc1cc(COC)nc(-c2ccc(C)s2)n1. The van der Waals surface area contributed by atoms with Crippen LogP contribution in [-0.4, -0.2) is 24.1 Å². The van der Waals surface area contributed by atoms with Crippen LogP contribution < -0.4 is 5.32 Å². The van der Waals surface area contributed by atoms with Gasteiger partial charge in [0.25, 0.3) is 0 Å². The fourth-order valence-electron chi connectivity index (χ4n) is 1.51. The number of nitrogens with zero attached hydrogens (tertiary/aromatic N) is 2. The van der Waals surface area contributed by atoms with Gasteiger partial charge in [0.1, 0.15) is 5.82 Å². The number of hydrogen-bond acceptors (Lipinski definition) is 5. The van der Waals surface area contributed by atoms with E-state index in [1.54, 1.807) is 18.4 Å². The Kier molecular flexibility index (Phi) is 3.71. The molecule has 0 saturated carbocycles. The molecule has 0 unspecified atom stereocenters. The maximum atomic E-state index is 5.11. The summed E-state index contributed by atoms with van der Waals surface area (Å²) in [5, 5.41) is 3.04. The molecule has 0 saturated heterocycles. The number of methoxy groups -OCH3 is 1. The van der Waals surface area contributed by atoms with E-state index >= 15 is 0 Å². The van der Waals surface area contributed by atoms with Crippen molar-refractivity contribution in [3.05, 3.63) is 28.8 Å². The van der Waals surface area contributed by atoms with E-state index in [1.165, 1.54) is 4.88 Å². The minimum Gasteiger partial charge on any atom is -0.378 e. The van der Waals surface area contributed by atoms with Gasteiger partial charge in [0.15, 0.2) is 5.82 Å². The molecular weight excluding hydrogens is 234 g/mol. The molecule has 4 nitrogen and oxygen atoms in total. The lowest BCUT2D eigenvalue weighted by atomic mass is 10.3. The Morgan fingerprint density at radius 2 is 2.18 bits per heavy atom. The van der Waals surface area contributed by atoms with Crippen molar-refractivity contribution < 1.29 is 4.74 Å². The summed E-state index contributed by atoms with van der Waals surface area (Å²) in [4.78, 5) is 11.3. The van der Waals surface area contributed by atoms with Crippen molar-refractivity contribution in [1.82, 2.24) is 9.97 Å². The lowest BCUT2D eigenvalue weighted by Gasteiger charge is -2.05. The maximum absolute atomic E-state index is 5.11. The van der Waals surface area contributed by atoms with Crippen molar-refractivity contribution in [3.63, 3.8) is 0 Å². The predicted molar refractivity (Wildman–Crippen MR) is 70.3 cm³/mol. The van der Waals surface area contributed by atoms with Crippen LogP contribution in [0.15, 0.2) is 18.2 Å². The highest BCUT2D eigenvalue weighted by Gasteiger charge is 2.08. The molecule has 17 heavy (non-hydrogen) atoms. The van der Waals surface area contributed by atoms with Gasteiger partial charge in [-0.05, 0) is 19.1 Å². The summed E-state index contributed by atoms with van der Waals surface area (Å²) in [6.45, 7) is 2.57. The second-order valence-electron chi connectivity index (χ2n) is 3.66. The Labute approximate surface area is 105 Å². The molecule has 2 heterocycles. The molecule has 0 atom stereocenters. The third-order valence-electron chi connectivity index (χ3n) is 2.29. The summed E-state index contributed by atoms with van der Waals surface area (Å²) < 4.78 is 5.11. The molecule has 2 aromatic heterocycles. The van der Waals surface area contributed by atoms with E-state index in [2.05, 4.69) is 28.3 Å². The molecule has 0 aromatic carbocycles.